The van der Waals surface area contributed by atoms with Crippen molar-refractivity contribution in [3.63, 3.8) is 0 Å². The quantitative estimate of drug-likeness (QED) is 0.741. The number of carbonyl (C=O) groups excluding carboxylic acids is 1. The third kappa shape index (κ3) is 3.79. The molecule has 0 saturated heterocycles. The highest BCUT2D eigenvalue weighted by Crippen LogP contribution is 2.32. The Labute approximate surface area is 144 Å². The van der Waals surface area contributed by atoms with Crippen LogP contribution in [0.15, 0.2) is 12.3 Å². The number of hydrogen-bond acceptors (Lipinski definition) is 5. The molecule has 3 rings (SSSR count). The number of carbonyl (C=O) groups is 1. The Morgan fingerprint density at radius 3 is 2.78 bits per heavy atom. The van der Waals surface area contributed by atoms with Gasteiger partial charge in [-0.15, -0.1) is 11.3 Å². The van der Waals surface area contributed by atoms with E-state index < -0.39 is 5.60 Å². The molecule has 7 heteroatoms. The van der Waals surface area contributed by atoms with Gasteiger partial charge in [0.25, 0.3) is 5.91 Å². The molecule has 2 heterocycles. The number of thiazole rings is 1. The van der Waals surface area contributed by atoms with Gasteiger partial charge in [0.15, 0.2) is 3.95 Å². The fraction of sp³-hybridized carbons (Fsp3) is 0.562. The molecule has 5 nitrogen and oxygen atoms in total. The molecular weight excluding hydrogens is 330 g/mol. The molecule has 0 unspecified atom stereocenters. The lowest BCUT2D eigenvalue weighted by Gasteiger charge is -2.36. The van der Waals surface area contributed by atoms with E-state index in [9.17, 15) is 9.90 Å². The van der Waals surface area contributed by atoms with Crippen molar-refractivity contribution >= 4 is 39.8 Å². The highest BCUT2D eigenvalue weighted by Gasteiger charge is 2.31. The van der Waals surface area contributed by atoms with E-state index >= 15 is 0 Å². The van der Waals surface area contributed by atoms with Crippen LogP contribution in [0.25, 0.3) is 10.3 Å². The number of nitrogens with zero attached hydrogens (tertiary/aromatic N) is 1. The summed E-state index contributed by atoms with van der Waals surface area (Å²) in [5.41, 5.74) is 0.649. The summed E-state index contributed by atoms with van der Waals surface area (Å²) in [5, 5.41) is 13.2. The van der Waals surface area contributed by atoms with Crippen molar-refractivity contribution in [2.45, 2.75) is 51.2 Å². The topological polar surface area (TPSA) is 78.0 Å². The van der Waals surface area contributed by atoms with Crippen molar-refractivity contribution in [1.82, 2.24) is 15.3 Å². The van der Waals surface area contributed by atoms with Gasteiger partial charge in [-0.05, 0) is 63.7 Å². The minimum atomic E-state index is -0.637. The van der Waals surface area contributed by atoms with Crippen LogP contribution in [0.3, 0.4) is 0 Å². The van der Waals surface area contributed by atoms with E-state index in [1.165, 1.54) is 11.3 Å². The van der Waals surface area contributed by atoms with Gasteiger partial charge in [-0.1, -0.05) is 0 Å². The molecule has 1 fully saturated rings. The summed E-state index contributed by atoms with van der Waals surface area (Å²) in [4.78, 5) is 19.7. The summed E-state index contributed by atoms with van der Waals surface area (Å²) in [7, 11) is 0. The van der Waals surface area contributed by atoms with Crippen molar-refractivity contribution in [3.05, 3.63) is 21.8 Å². The fourth-order valence-electron chi connectivity index (χ4n) is 3.18. The summed E-state index contributed by atoms with van der Waals surface area (Å²) >= 11 is 6.52. The number of aliphatic hydroxyl groups is 1. The number of pyridine rings is 1. The Bertz CT molecular complexity index is 767. The lowest BCUT2D eigenvalue weighted by atomic mass is 9.77. The fourth-order valence-corrected chi connectivity index (χ4v) is 4.28. The lowest BCUT2D eigenvalue weighted by molar-refractivity contribution is -0.00257. The second kappa shape index (κ2) is 6.30. The molecule has 0 aromatic carbocycles. The zero-order valence-corrected chi connectivity index (χ0v) is 14.9. The standard InChI is InChI=1S/C16H21N3O2S2/c1-16(2,21)10-3-5-11(6-4-10)18-14(20)9-7-12-13(17-8-9)19-15(22)23-12/h7-8,10-11,21H,3-6H2,1-2H3,(H,18,20)(H,17,19,22)/t10-,11-. The van der Waals surface area contributed by atoms with E-state index in [4.69, 9.17) is 12.2 Å². The van der Waals surface area contributed by atoms with Gasteiger partial charge in [0, 0.05) is 12.2 Å². The molecule has 0 aliphatic heterocycles. The second-order valence-electron chi connectivity index (χ2n) is 6.76. The highest BCUT2D eigenvalue weighted by molar-refractivity contribution is 7.73. The zero-order valence-electron chi connectivity index (χ0n) is 13.3. The third-order valence-corrected chi connectivity index (χ3v) is 5.77. The van der Waals surface area contributed by atoms with Gasteiger partial charge in [0.05, 0.1) is 15.9 Å². The first-order valence-corrected chi connectivity index (χ1v) is 9.07. The van der Waals surface area contributed by atoms with Gasteiger partial charge < -0.3 is 15.4 Å². The van der Waals surface area contributed by atoms with E-state index in [0.29, 0.717) is 15.4 Å². The number of nitrogens with one attached hydrogen (secondary N) is 2. The Hall–Kier alpha value is -1.31. The first-order chi connectivity index (χ1) is 10.8. The van der Waals surface area contributed by atoms with Gasteiger partial charge >= 0.3 is 0 Å². The number of aromatic amines is 1. The molecule has 1 amide bonds. The predicted octanol–water partition coefficient (Wildman–Crippen LogP) is 3.41. The first kappa shape index (κ1) is 16.5. The lowest BCUT2D eigenvalue weighted by Crippen LogP contribution is -2.41. The Morgan fingerprint density at radius 1 is 1.43 bits per heavy atom. The van der Waals surface area contributed by atoms with Gasteiger partial charge in [0.2, 0.25) is 0 Å². The molecule has 3 N–H and O–H groups in total. The van der Waals surface area contributed by atoms with E-state index in [1.807, 2.05) is 19.9 Å². The number of fused-ring (bicyclic) bond motifs is 1. The van der Waals surface area contributed by atoms with E-state index in [2.05, 4.69) is 15.3 Å². The SMILES string of the molecule is CC(C)(O)[C@H]1CC[C@H](NC(=O)c2cnc3[nH]c(=S)sc3c2)CC1. The number of aromatic nitrogens is 2. The van der Waals surface area contributed by atoms with Crippen LogP contribution < -0.4 is 5.32 Å². The molecule has 2 aromatic heterocycles. The van der Waals surface area contributed by atoms with Crippen LogP contribution in [0.1, 0.15) is 49.9 Å². The molecule has 0 bridgehead atoms. The zero-order chi connectivity index (χ0) is 16.6. The highest BCUT2D eigenvalue weighted by atomic mass is 32.1. The summed E-state index contributed by atoms with van der Waals surface area (Å²) in [5.74, 6) is 0.214. The molecule has 0 radical (unpaired) electrons. The smallest absolute Gasteiger partial charge is 0.253 e. The molecule has 2 aromatic rings. The summed E-state index contributed by atoms with van der Waals surface area (Å²) < 4.78 is 1.56. The molecule has 1 saturated carbocycles. The Kier molecular flexibility index (Phi) is 4.53. The molecule has 1 aliphatic carbocycles. The van der Waals surface area contributed by atoms with Gasteiger partial charge in [-0.2, -0.15) is 0 Å². The van der Waals surface area contributed by atoms with Crippen molar-refractivity contribution in [2.24, 2.45) is 5.92 Å². The maximum atomic E-state index is 12.4. The van der Waals surface area contributed by atoms with E-state index in [1.54, 1.807) is 6.20 Å². The van der Waals surface area contributed by atoms with Crippen molar-refractivity contribution < 1.29 is 9.90 Å². The molecule has 0 atom stereocenters. The van der Waals surface area contributed by atoms with Crippen LogP contribution in [0, 0.1) is 9.87 Å². The van der Waals surface area contributed by atoms with Crippen LogP contribution in [0.2, 0.25) is 0 Å². The van der Waals surface area contributed by atoms with Crippen molar-refractivity contribution in [2.75, 3.05) is 0 Å². The minimum absolute atomic E-state index is 0.0922. The largest absolute Gasteiger partial charge is 0.390 e. The molecular formula is C16H21N3O2S2. The number of H-pyrrole nitrogens is 1. The van der Waals surface area contributed by atoms with Gasteiger partial charge in [-0.25, -0.2) is 4.98 Å². The first-order valence-electron chi connectivity index (χ1n) is 7.85. The van der Waals surface area contributed by atoms with Crippen LogP contribution in [0.5, 0.6) is 0 Å². The number of amides is 1. The predicted molar refractivity (Wildman–Crippen MR) is 94.3 cm³/mol. The molecule has 23 heavy (non-hydrogen) atoms. The Morgan fingerprint density at radius 2 is 2.13 bits per heavy atom. The third-order valence-electron chi connectivity index (χ3n) is 4.60. The van der Waals surface area contributed by atoms with Crippen LogP contribution in [-0.4, -0.2) is 32.6 Å². The number of rotatable bonds is 3. The molecule has 124 valence electrons. The molecule has 0 spiro atoms. The van der Waals surface area contributed by atoms with E-state index in [-0.39, 0.29) is 11.9 Å². The summed E-state index contributed by atoms with van der Waals surface area (Å²) in [6.07, 6.45) is 5.26. The average Bonchev–Trinajstić information content (AvgIpc) is 2.85. The van der Waals surface area contributed by atoms with Crippen molar-refractivity contribution in [3.8, 4) is 0 Å². The average molecular weight is 351 g/mol. The van der Waals surface area contributed by atoms with Crippen LogP contribution in [-0.2, 0) is 0 Å². The van der Waals surface area contributed by atoms with Gasteiger partial charge in [-0.3, -0.25) is 4.79 Å². The summed E-state index contributed by atoms with van der Waals surface area (Å²) in [6.45, 7) is 3.73. The second-order valence-corrected chi connectivity index (χ2v) is 8.48. The normalized spacial score (nSPS) is 22.2. The minimum Gasteiger partial charge on any atom is -0.390 e. The maximum Gasteiger partial charge on any atom is 0.253 e. The van der Waals surface area contributed by atoms with Crippen molar-refractivity contribution in [1.29, 1.82) is 0 Å². The van der Waals surface area contributed by atoms with Crippen LogP contribution >= 0.6 is 23.6 Å². The van der Waals surface area contributed by atoms with Gasteiger partial charge in [0.1, 0.15) is 5.65 Å². The van der Waals surface area contributed by atoms with E-state index in [0.717, 1.165) is 36.0 Å². The molecule has 1 aliphatic rings. The Balaban J connectivity index is 1.64. The maximum absolute atomic E-state index is 12.4. The monoisotopic (exact) mass is 351 g/mol. The number of hydrogen-bond donors (Lipinski definition) is 3. The summed E-state index contributed by atoms with van der Waals surface area (Å²) in [6, 6.07) is 2.00. The van der Waals surface area contributed by atoms with Crippen LogP contribution in [0.4, 0.5) is 0 Å².